The quantitative estimate of drug-likeness (QED) is 0.545. The molecular weight excluding hydrogens is 336 g/mol. The summed E-state index contributed by atoms with van der Waals surface area (Å²) in [7, 11) is 3.34. The largest absolute Gasteiger partial charge is 0.493 e. The zero-order valence-electron chi connectivity index (χ0n) is 19.1. The number of ether oxygens (including phenoxy) is 2. The van der Waals surface area contributed by atoms with Gasteiger partial charge < -0.3 is 9.47 Å². The first kappa shape index (κ1) is 25.5. The van der Waals surface area contributed by atoms with Crippen LogP contribution in [0.2, 0.25) is 0 Å². The van der Waals surface area contributed by atoms with E-state index in [1.165, 1.54) is 18.4 Å². The van der Waals surface area contributed by atoms with Gasteiger partial charge in [-0.1, -0.05) is 67.4 Å². The van der Waals surface area contributed by atoms with Gasteiger partial charge in [0, 0.05) is 12.3 Å². The number of Topliss-reactive ketones (excluding diaryl/α,β-unsaturated/α-hetero) is 1. The van der Waals surface area contributed by atoms with Gasteiger partial charge in [0.05, 0.1) is 14.2 Å². The normalized spacial score (nSPS) is 24.1. The predicted octanol–water partition coefficient (Wildman–Crippen LogP) is 6.82. The summed E-state index contributed by atoms with van der Waals surface area (Å²) in [5, 5.41) is 0. The Morgan fingerprint density at radius 1 is 1.04 bits per heavy atom. The van der Waals surface area contributed by atoms with Crippen LogP contribution in [0.1, 0.15) is 86.1 Å². The number of benzene rings is 1. The Hall–Kier alpha value is -1.51. The molecule has 27 heavy (non-hydrogen) atoms. The number of hydrogen-bond donors (Lipinski definition) is 0. The van der Waals surface area contributed by atoms with Crippen LogP contribution in [0.15, 0.2) is 18.2 Å². The number of methoxy groups -OCH3 is 2. The highest BCUT2D eigenvalue weighted by molar-refractivity contribution is 5.82. The van der Waals surface area contributed by atoms with Gasteiger partial charge in [-0.05, 0) is 41.9 Å². The summed E-state index contributed by atoms with van der Waals surface area (Å²) in [6.07, 6.45) is 5.10. The van der Waals surface area contributed by atoms with Gasteiger partial charge in [-0.25, -0.2) is 0 Å². The molecule has 2 unspecified atom stereocenters. The predicted molar refractivity (Wildman–Crippen MR) is 116 cm³/mol. The first-order chi connectivity index (χ1) is 13.0. The van der Waals surface area contributed by atoms with Gasteiger partial charge in [0.1, 0.15) is 5.78 Å². The van der Waals surface area contributed by atoms with Gasteiger partial charge in [0.2, 0.25) is 0 Å². The van der Waals surface area contributed by atoms with E-state index in [-0.39, 0.29) is 11.3 Å². The van der Waals surface area contributed by atoms with Crippen molar-refractivity contribution in [1.82, 2.24) is 0 Å². The summed E-state index contributed by atoms with van der Waals surface area (Å²) in [5.41, 5.74) is 1.35. The molecule has 0 N–H and O–H groups in total. The molecule has 156 valence electrons. The van der Waals surface area contributed by atoms with Crippen LogP contribution in [0.25, 0.3) is 0 Å². The maximum atomic E-state index is 12.2. The van der Waals surface area contributed by atoms with E-state index in [9.17, 15) is 4.79 Å². The van der Waals surface area contributed by atoms with Crippen molar-refractivity contribution in [3.63, 3.8) is 0 Å². The molecular formula is C24H42O3. The van der Waals surface area contributed by atoms with Crippen LogP contribution in [0.4, 0.5) is 0 Å². The average Bonchev–Trinajstić information content (AvgIpc) is 2.74. The van der Waals surface area contributed by atoms with Gasteiger partial charge in [0.15, 0.2) is 11.5 Å². The molecule has 1 fully saturated rings. The summed E-state index contributed by atoms with van der Waals surface area (Å²) in [4.78, 5) is 12.2. The molecule has 0 bridgehead atoms. The molecule has 1 saturated carbocycles. The Labute approximate surface area is 167 Å². The van der Waals surface area contributed by atoms with Gasteiger partial charge >= 0.3 is 0 Å². The van der Waals surface area contributed by atoms with Crippen LogP contribution in [-0.2, 0) is 10.2 Å². The molecule has 1 aromatic carbocycles. The first-order valence-corrected chi connectivity index (χ1v) is 10.8. The smallest absolute Gasteiger partial charge is 0.161 e. The Bertz CT molecular complexity index is 553. The summed E-state index contributed by atoms with van der Waals surface area (Å²) < 4.78 is 10.9. The Kier molecular flexibility index (Phi) is 12.1. The number of hydrogen-bond acceptors (Lipinski definition) is 3. The van der Waals surface area contributed by atoms with E-state index < -0.39 is 0 Å². The summed E-state index contributed by atoms with van der Waals surface area (Å²) in [6.45, 7) is 14.6. The lowest BCUT2D eigenvalue weighted by Crippen LogP contribution is -2.44. The van der Waals surface area contributed by atoms with E-state index in [1.54, 1.807) is 14.2 Å². The fourth-order valence-corrected chi connectivity index (χ4v) is 4.10. The maximum Gasteiger partial charge on any atom is 0.161 e. The highest BCUT2D eigenvalue weighted by atomic mass is 16.5. The van der Waals surface area contributed by atoms with Crippen molar-refractivity contribution < 1.29 is 14.3 Å². The molecule has 0 spiro atoms. The SMILES string of the molecule is CC.CC.CCCC[C@]1(c2ccc(OC)c(OC)c2)CCC(=O)C(C)C1C. The molecule has 3 atom stereocenters. The van der Waals surface area contributed by atoms with Crippen molar-refractivity contribution in [3.8, 4) is 11.5 Å². The Balaban J connectivity index is 0.00000158. The third-order valence-electron chi connectivity index (χ3n) is 5.88. The molecule has 3 nitrogen and oxygen atoms in total. The van der Waals surface area contributed by atoms with Gasteiger partial charge in [-0.2, -0.15) is 0 Å². The van der Waals surface area contributed by atoms with Gasteiger partial charge in [0.25, 0.3) is 0 Å². The lowest BCUT2D eigenvalue weighted by Gasteiger charge is -2.46. The van der Waals surface area contributed by atoms with Crippen LogP contribution in [0.3, 0.4) is 0 Å². The lowest BCUT2D eigenvalue weighted by molar-refractivity contribution is -0.128. The molecule has 0 aromatic heterocycles. The van der Waals surface area contributed by atoms with Crippen LogP contribution in [0, 0.1) is 11.8 Å². The van der Waals surface area contributed by atoms with E-state index in [0.717, 1.165) is 24.3 Å². The number of carbonyl (C=O) groups excluding carboxylic acids is 1. The van der Waals surface area contributed by atoms with Gasteiger partial charge in [-0.15, -0.1) is 0 Å². The molecule has 1 aliphatic carbocycles. The third-order valence-corrected chi connectivity index (χ3v) is 5.88. The summed E-state index contributed by atoms with van der Waals surface area (Å²) in [6, 6.07) is 6.28. The van der Waals surface area contributed by atoms with E-state index in [0.29, 0.717) is 18.1 Å². The maximum absolute atomic E-state index is 12.2. The Morgan fingerprint density at radius 3 is 2.15 bits per heavy atom. The molecule has 0 aliphatic heterocycles. The third kappa shape index (κ3) is 5.73. The number of rotatable bonds is 6. The second-order valence-corrected chi connectivity index (χ2v) is 6.87. The van der Waals surface area contributed by atoms with Crippen molar-refractivity contribution in [1.29, 1.82) is 0 Å². The number of ketones is 1. The molecule has 0 saturated heterocycles. The molecule has 1 aliphatic rings. The second-order valence-electron chi connectivity index (χ2n) is 6.87. The number of unbranched alkanes of at least 4 members (excludes halogenated alkanes) is 1. The zero-order valence-corrected chi connectivity index (χ0v) is 19.1. The summed E-state index contributed by atoms with van der Waals surface area (Å²) in [5.74, 6) is 2.40. The van der Waals surface area contributed by atoms with E-state index in [2.05, 4.69) is 32.9 Å². The number of carbonyl (C=O) groups is 1. The minimum Gasteiger partial charge on any atom is -0.493 e. The minimum atomic E-state index is 0.0584. The van der Waals surface area contributed by atoms with Crippen molar-refractivity contribution in [2.24, 2.45) is 11.8 Å². The summed E-state index contributed by atoms with van der Waals surface area (Å²) >= 11 is 0. The van der Waals surface area contributed by atoms with Crippen LogP contribution < -0.4 is 9.47 Å². The molecule has 0 amide bonds. The van der Waals surface area contributed by atoms with Crippen molar-refractivity contribution in [2.75, 3.05) is 14.2 Å². The van der Waals surface area contributed by atoms with Crippen molar-refractivity contribution in [3.05, 3.63) is 23.8 Å². The van der Waals surface area contributed by atoms with Crippen molar-refractivity contribution >= 4 is 5.78 Å². The monoisotopic (exact) mass is 378 g/mol. The van der Waals surface area contributed by atoms with Gasteiger partial charge in [-0.3, -0.25) is 4.79 Å². The molecule has 0 radical (unpaired) electrons. The van der Waals surface area contributed by atoms with E-state index in [4.69, 9.17) is 9.47 Å². The highest BCUT2D eigenvalue weighted by Gasteiger charge is 2.45. The van der Waals surface area contributed by atoms with E-state index in [1.807, 2.05) is 33.8 Å². The van der Waals surface area contributed by atoms with Crippen molar-refractivity contribution in [2.45, 2.75) is 86.0 Å². The highest BCUT2D eigenvalue weighted by Crippen LogP contribution is 2.49. The molecule has 0 heterocycles. The van der Waals surface area contributed by atoms with Crippen LogP contribution in [-0.4, -0.2) is 20.0 Å². The molecule has 2 rings (SSSR count). The fraction of sp³-hybridized carbons (Fsp3) is 0.708. The fourth-order valence-electron chi connectivity index (χ4n) is 4.10. The molecule has 3 heteroatoms. The standard InChI is InChI=1S/C20H30O3.2C2H6/c1-6-7-11-20(12-10-17(21)14(2)15(20)3)16-8-9-18(22-4)19(13-16)23-5;2*1-2/h8-9,13-15H,6-7,10-12H2,1-5H3;2*1-2H3/t14?,15?,20-;;/m0../s1. The minimum absolute atomic E-state index is 0.0584. The lowest BCUT2D eigenvalue weighted by atomic mass is 9.57. The topological polar surface area (TPSA) is 35.5 Å². The van der Waals surface area contributed by atoms with E-state index >= 15 is 0 Å². The Morgan fingerprint density at radius 2 is 1.63 bits per heavy atom. The van der Waals surface area contributed by atoms with Crippen LogP contribution in [0.5, 0.6) is 11.5 Å². The van der Waals surface area contributed by atoms with Crippen LogP contribution >= 0.6 is 0 Å². The second kappa shape index (κ2) is 12.8. The molecule has 1 aromatic rings. The first-order valence-electron chi connectivity index (χ1n) is 10.8. The zero-order chi connectivity index (χ0) is 21.0. The average molecular weight is 379 g/mol.